The topological polar surface area (TPSA) is 75.4 Å². The Bertz CT molecular complexity index is 534. The fourth-order valence-corrected chi connectivity index (χ4v) is 2.67. The summed E-state index contributed by atoms with van der Waals surface area (Å²) >= 11 is 0. The Hall–Kier alpha value is -2.04. The molecule has 1 aliphatic rings. The van der Waals surface area contributed by atoms with Gasteiger partial charge in [0.05, 0.1) is 0 Å². The van der Waals surface area contributed by atoms with Gasteiger partial charge in [0.15, 0.2) is 0 Å². The number of nitrogens with one attached hydrogen (secondary N) is 1. The first kappa shape index (κ1) is 15.4. The van der Waals surface area contributed by atoms with E-state index in [4.69, 9.17) is 5.73 Å². The second-order valence-corrected chi connectivity index (χ2v) is 5.75. The molecule has 2 amide bonds. The third kappa shape index (κ3) is 3.97. The third-order valence-corrected chi connectivity index (χ3v) is 4.03. The molecule has 0 atom stereocenters. The van der Waals surface area contributed by atoms with Gasteiger partial charge in [-0.05, 0) is 43.4 Å². The molecule has 21 heavy (non-hydrogen) atoms. The number of piperidine rings is 1. The van der Waals surface area contributed by atoms with Gasteiger partial charge in [-0.1, -0.05) is 6.07 Å². The van der Waals surface area contributed by atoms with Crippen molar-refractivity contribution in [1.82, 2.24) is 10.2 Å². The van der Waals surface area contributed by atoms with Gasteiger partial charge >= 0.3 is 0 Å². The average molecular weight is 289 g/mol. The van der Waals surface area contributed by atoms with Crippen molar-refractivity contribution in [3.63, 3.8) is 0 Å². The average Bonchev–Trinajstić information content (AvgIpc) is 2.47. The first-order valence-corrected chi connectivity index (χ1v) is 7.37. The number of benzene rings is 1. The zero-order valence-corrected chi connectivity index (χ0v) is 12.7. The third-order valence-electron chi connectivity index (χ3n) is 4.03. The number of carbonyl (C=O) groups is 2. The summed E-state index contributed by atoms with van der Waals surface area (Å²) in [4.78, 5) is 25.4. The minimum absolute atomic E-state index is 0.00360. The van der Waals surface area contributed by atoms with Crippen LogP contribution in [0.15, 0.2) is 18.2 Å². The van der Waals surface area contributed by atoms with Crippen molar-refractivity contribution in [1.29, 1.82) is 0 Å². The van der Waals surface area contributed by atoms with Gasteiger partial charge in [-0.3, -0.25) is 9.59 Å². The molecule has 114 valence electrons. The highest BCUT2D eigenvalue weighted by Crippen LogP contribution is 2.21. The maximum Gasteiger partial charge on any atom is 0.254 e. The molecule has 1 aliphatic heterocycles. The van der Waals surface area contributed by atoms with E-state index in [-0.39, 0.29) is 11.8 Å². The van der Waals surface area contributed by atoms with Gasteiger partial charge in [-0.25, -0.2) is 0 Å². The smallest absolute Gasteiger partial charge is 0.254 e. The van der Waals surface area contributed by atoms with Crippen molar-refractivity contribution in [2.45, 2.75) is 26.7 Å². The maximum atomic E-state index is 12.5. The summed E-state index contributed by atoms with van der Waals surface area (Å²) < 4.78 is 0. The van der Waals surface area contributed by atoms with Crippen molar-refractivity contribution in [2.24, 2.45) is 5.92 Å². The van der Waals surface area contributed by atoms with E-state index >= 15 is 0 Å². The van der Waals surface area contributed by atoms with Crippen LogP contribution in [0.5, 0.6) is 0 Å². The van der Waals surface area contributed by atoms with E-state index in [2.05, 4.69) is 5.32 Å². The van der Waals surface area contributed by atoms with E-state index in [0.717, 1.165) is 31.5 Å². The minimum atomic E-state index is 0.00360. The lowest BCUT2D eigenvalue weighted by Crippen LogP contribution is -2.41. The molecule has 1 saturated heterocycles. The van der Waals surface area contributed by atoms with Crippen molar-refractivity contribution >= 4 is 17.5 Å². The highest BCUT2D eigenvalue weighted by Gasteiger charge is 2.24. The molecule has 1 aromatic carbocycles. The first-order chi connectivity index (χ1) is 9.97. The van der Waals surface area contributed by atoms with Crippen molar-refractivity contribution < 1.29 is 9.59 Å². The van der Waals surface area contributed by atoms with Crippen molar-refractivity contribution in [2.75, 3.05) is 25.4 Å². The Morgan fingerprint density at radius 2 is 2.00 bits per heavy atom. The van der Waals surface area contributed by atoms with Gasteiger partial charge in [-0.2, -0.15) is 0 Å². The molecule has 5 heteroatoms. The summed E-state index contributed by atoms with van der Waals surface area (Å²) in [5.41, 5.74) is 8.03. The highest BCUT2D eigenvalue weighted by atomic mass is 16.2. The van der Waals surface area contributed by atoms with E-state index in [0.29, 0.717) is 23.7 Å². The number of rotatable bonds is 3. The molecule has 1 heterocycles. The Kier molecular flexibility index (Phi) is 4.83. The molecule has 0 radical (unpaired) electrons. The molecule has 1 aromatic rings. The van der Waals surface area contributed by atoms with Crippen LogP contribution in [0, 0.1) is 12.8 Å². The predicted molar refractivity (Wildman–Crippen MR) is 82.9 cm³/mol. The number of nitrogens with two attached hydrogens (primary N) is 1. The summed E-state index contributed by atoms with van der Waals surface area (Å²) in [5.74, 6) is 0.515. The number of carbonyl (C=O) groups excluding carboxylic acids is 2. The zero-order valence-electron chi connectivity index (χ0n) is 12.7. The number of hydrogen-bond donors (Lipinski definition) is 2. The molecule has 3 N–H and O–H groups in total. The van der Waals surface area contributed by atoms with Gasteiger partial charge in [0.1, 0.15) is 0 Å². The molecular formula is C16H23N3O2. The van der Waals surface area contributed by atoms with Crippen LogP contribution < -0.4 is 11.1 Å². The molecule has 2 rings (SSSR count). The van der Waals surface area contributed by atoms with Crippen LogP contribution in [0.3, 0.4) is 0 Å². The Morgan fingerprint density at radius 3 is 2.62 bits per heavy atom. The number of hydrogen-bond acceptors (Lipinski definition) is 3. The van der Waals surface area contributed by atoms with Gasteiger partial charge in [0.2, 0.25) is 5.91 Å². The number of likely N-dealkylation sites (tertiary alicyclic amines) is 1. The van der Waals surface area contributed by atoms with Gasteiger partial charge in [0, 0.05) is 37.8 Å². The van der Waals surface area contributed by atoms with Crippen molar-refractivity contribution in [3.8, 4) is 0 Å². The normalized spacial score (nSPS) is 15.8. The Labute approximate surface area is 125 Å². The lowest BCUT2D eigenvalue weighted by Gasteiger charge is -2.32. The van der Waals surface area contributed by atoms with E-state index < -0.39 is 0 Å². The van der Waals surface area contributed by atoms with Crippen LogP contribution in [0.1, 0.15) is 35.7 Å². The summed E-state index contributed by atoms with van der Waals surface area (Å²) in [6, 6.07) is 5.44. The standard InChI is InChI=1S/C16H23N3O2/c1-11-3-4-14(17)9-15(11)16(21)19-7-5-13(6-8-19)10-18-12(2)20/h3-4,9,13H,5-8,10,17H2,1-2H3,(H,18,20). The number of aryl methyl sites for hydroxylation is 1. The molecule has 0 aromatic heterocycles. The van der Waals surface area contributed by atoms with Crippen LogP contribution in [-0.4, -0.2) is 36.3 Å². The van der Waals surface area contributed by atoms with Crippen LogP contribution in [0.4, 0.5) is 5.69 Å². The fraction of sp³-hybridized carbons (Fsp3) is 0.500. The lowest BCUT2D eigenvalue weighted by molar-refractivity contribution is -0.119. The van der Waals surface area contributed by atoms with E-state index in [1.807, 2.05) is 24.0 Å². The largest absolute Gasteiger partial charge is 0.399 e. The Balaban J connectivity index is 1.94. The van der Waals surface area contributed by atoms with E-state index in [9.17, 15) is 9.59 Å². The minimum Gasteiger partial charge on any atom is -0.399 e. The molecule has 0 spiro atoms. The predicted octanol–water partition coefficient (Wildman–Crippen LogP) is 1.57. The molecular weight excluding hydrogens is 266 g/mol. The molecule has 0 aliphatic carbocycles. The van der Waals surface area contributed by atoms with Crippen LogP contribution in [0.25, 0.3) is 0 Å². The SMILES string of the molecule is CC(=O)NCC1CCN(C(=O)c2cc(N)ccc2C)CC1. The second-order valence-electron chi connectivity index (χ2n) is 5.75. The summed E-state index contributed by atoms with van der Waals surface area (Å²) in [7, 11) is 0. The van der Waals surface area contributed by atoms with Crippen LogP contribution >= 0.6 is 0 Å². The number of amides is 2. The second kappa shape index (κ2) is 6.61. The number of nitrogen functional groups attached to an aromatic ring is 1. The summed E-state index contributed by atoms with van der Waals surface area (Å²) in [6.45, 7) is 5.63. The van der Waals surface area contributed by atoms with Crippen LogP contribution in [0.2, 0.25) is 0 Å². The molecule has 5 nitrogen and oxygen atoms in total. The first-order valence-electron chi connectivity index (χ1n) is 7.37. The van der Waals surface area contributed by atoms with Crippen molar-refractivity contribution in [3.05, 3.63) is 29.3 Å². The maximum absolute atomic E-state index is 12.5. The summed E-state index contributed by atoms with van der Waals surface area (Å²) in [6.07, 6.45) is 1.85. The quantitative estimate of drug-likeness (QED) is 0.829. The fourth-order valence-electron chi connectivity index (χ4n) is 2.67. The lowest BCUT2D eigenvalue weighted by atomic mass is 9.95. The van der Waals surface area contributed by atoms with Gasteiger partial charge in [-0.15, -0.1) is 0 Å². The zero-order chi connectivity index (χ0) is 15.4. The molecule has 0 saturated carbocycles. The number of nitrogens with zero attached hydrogens (tertiary/aromatic N) is 1. The van der Waals surface area contributed by atoms with E-state index in [1.54, 1.807) is 6.07 Å². The monoisotopic (exact) mass is 289 g/mol. The van der Waals surface area contributed by atoms with Gasteiger partial charge in [0.25, 0.3) is 5.91 Å². The molecule has 0 bridgehead atoms. The summed E-state index contributed by atoms with van der Waals surface area (Å²) in [5, 5.41) is 2.85. The van der Waals surface area contributed by atoms with Crippen LogP contribution in [-0.2, 0) is 4.79 Å². The molecule has 1 fully saturated rings. The Morgan fingerprint density at radius 1 is 1.33 bits per heavy atom. The van der Waals surface area contributed by atoms with E-state index in [1.165, 1.54) is 6.92 Å². The highest BCUT2D eigenvalue weighted by molar-refractivity contribution is 5.96. The molecule has 0 unspecified atom stereocenters. The van der Waals surface area contributed by atoms with Gasteiger partial charge < -0.3 is 16.0 Å². The number of anilines is 1.